The van der Waals surface area contributed by atoms with Gasteiger partial charge >= 0.3 is 0 Å². The molecule has 132 valence electrons. The summed E-state index contributed by atoms with van der Waals surface area (Å²) in [4.78, 5) is 18.2. The fourth-order valence-electron chi connectivity index (χ4n) is 3.58. The lowest BCUT2D eigenvalue weighted by Gasteiger charge is -2.25. The second-order valence-corrected chi connectivity index (χ2v) is 6.58. The van der Waals surface area contributed by atoms with Crippen LogP contribution in [0.25, 0.3) is 0 Å². The number of pyridine rings is 1. The maximum absolute atomic E-state index is 12.2. The van der Waals surface area contributed by atoms with Gasteiger partial charge in [-0.15, -0.1) is 0 Å². The van der Waals surface area contributed by atoms with Gasteiger partial charge in [-0.3, -0.25) is 9.78 Å². The molecule has 1 aliphatic heterocycles. The van der Waals surface area contributed by atoms with Crippen molar-refractivity contribution in [2.75, 3.05) is 20.7 Å². The minimum atomic E-state index is 0.0912. The van der Waals surface area contributed by atoms with Crippen LogP contribution < -0.4 is 5.32 Å². The molecule has 1 fully saturated rings. The summed E-state index contributed by atoms with van der Waals surface area (Å²) in [5.74, 6) is 0.451. The molecule has 0 radical (unpaired) electrons. The highest BCUT2D eigenvalue weighted by Crippen LogP contribution is 2.36. The van der Waals surface area contributed by atoms with E-state index in [0.29, 0.717) is 13.0 Å². The maximum Gasteiger partial charge on any atom is 0.223 e. The van der Waals surface area contributed by atoms with Gasteiger partial charge in [-0.05, 0) is 22.8 Å². The van der Waals surface area contributed by atoms with Crippen molar-refractivity contribution in [1.82, 2.24) is 15.2 Å². The normalized spacial score (nSPS) is 20.2. The van der Waals surface area contributed by atoms with Crippen LogP contribution in [0.2, 0.25) is 0 Å². The van der Waals surface area contributed by atoms with Gasteiger partial charge in [0, 0.05) is 52.0 Å². The first-order valence-electron chi connectivity index (χ1n) is 8.62. The molecule has 2 aromatic rings. The van der Waals surface area contributed by atoms with Crippen LogP contribution in [-0.2, 0) is 22.7 Å². The average Bonchev–Trinajstić information content (AvgIpc) is 2.90. The molecule has 25 heavy (non-hydrogen) atoms. The molecule has 3 rings (SSSR count). The SMILES string of the molecule is COCc1cccc(CNC[C@@H]2CC(=O)N(C)[C@H]2c2cccnc2)c1. The molecule has 1 saturated heterocycles. The van der Waals surface area contributed by atoms with E-state index >= 15 is 0 Å². The molecule has 1 N–H and O–H groups in total. The fourth-order valence-corrected chi connectivity index (χ4v) is 3.58. The molecule has 0 bridgehead atoms. The highest BCUT2D eigenvalue weighted by molar-refractivity contribution is 5.79. The molecule has 1 aromatic heterocycles. The molecular formula is C20H25N3O2. The third-order valence-electron chi connectivity index (χ3n) is 4.76. The molecule has 1 aliphatic rings. The summed E-state index contributed by atoms with van der Waals surface area (Å²) in [5.41, 5.74) is 3.50. The minimum absolute atomic E-state index is 0.0912. The highest BCUT2D eigenvalue weighted by Gasteiger charge is 2.38. The van der Waals surface area contributed by atoms with Gasteiger partial charge in [-0.2, -0.15) is 0 Å². The van der Waals surface area contributed by atoms with E-state index in [2.05, 4.69) is 34.6 Å². The number of ether oxygens (including phenoxy) is 1. The lowest BCUT2D eigenvalue weighted by atomic mass is 9.94. The summed E-state index contributed by atoms with van der Waals surface area (Å²) in [7, 11) is 3.59. The summed E-state index contributed by atoms with van der Waals surface area (Å²) in [6.45, 7) is 2.20. The summed E-state index contributed by atoms with van der Waals surface area (Å²) < 4.78 is 5.19. The Labute approximate surface area is 149 Å². The topological polar surface area (TPSA) is 54.5 Å². The molecular weight excluding hydrogens is 314 g/mol. The predicted octanol–water partition coefficient (Wildman–Crippen LogP) is 2.54. The standard InChI is InChI=1S/C20H25N3O2/c1-23-19(24)10-18(20(23)17-7-4-8-21-12-17)13-22-11-15-5-3-6-16(9-15)14-25-2/h3-9,12,18,20,22H,10-11,13-14H2,1-2H3/t18-,20-/m0/s1. The van der Waals surface area contributed by atoms with Gasteiger partial charge in [0.15, 0.2) is 0 Å². The van der Waals surface area contributed by atoms with Crippen molar-refractivity contribution in [3.63, 3.8) is 0 Å². The Bertz CT molecular complexity index is 705. The van der Waals surface area contributed by atoms with Gasteiger partial charge in [0.25, 0.3) is 0 Å². The molecule has 0 aliphatic carbocycles. The number of hydrogen-bond acceptors (Lipinski definition) is 4. The van der Waals surface area contributed by atoms with Crippen LogP contribution >= 0.6 is 0 Å². The van der Waals surface area contributed by atoms with Crippen LogP contribution in [0.15, 0.2) is 48.8 Å². The molecule has 0 spiro atoms. The lowest BCUT2D eigenvalue weighted by molar-refractivity contribution is -0.127. The van der Waals surface area contributed by atoms with Crippen LogP contribution in [0.3, 0.4) is 0 Å². The third kappa shape index (κ3) is 4.24. The zero-order valence-electron chi connectivity index (χ0n) is 14.8. The predicted molar refractivity (Wildman–Crippen MR) is 96.7 cm³/mol. The number of aromatic nitrogens is 1. The molecule has 5 heteroatoms. The van der Waals surface area contributed by atoms with Crippen molar-refractivity contribution >= 4 is 5.91 Å². The van der Waals surface area contributed by atoms with Crippen molar-refractivity contribution in [2.45, 2.75) is 25.6 Å². The van der Waals surface area contributed by atoms with Gasteiger partial charge in [0.1, 0.15) is 0 Å². The summed E-state index contributed by atoms with van der Waals surface area (Å²) in [6, 6.07) is 12.4. The molecule has 0 unspecified atom stereocenters. The van der Waals surface area contributed by atoms with Crippen LogP contribution in [0.4, 0.5) is 0 Å². The van der Waals surface area contributed by atoms with Gasteiger partial charge in [-0.25, -0.2) is 0 Å². The van der Waals surface area contributed by atoms with Crippen LogP contribution in [-0.4, -0.2) is 36.5 Å². The third-order valence-corrected chi connectivity index (χ3v) is 4.76. The Kier molecular flexibility index (Phi) is 5.79. The van der Waals surface area contributed by atoms with Gasteiger partial charge in [0.2, 0.25) is 5.91 Å². The Morgan fingerprint density at radius 2 is 2.12 bits per heavy atom. The number of benzene rings is 1. The van der Waals surface area contributed by atoms with Crippen LogP contribution in [0, 0.1) is 5.92 Å². The van der Waals surface area contributed by atoms with Crippen LogP contribution in [0.5, 0.6) is 0 Å². The van der Waals surface area contributed by atoms with Crippen molar-refractivity contribution < 1.29 is 9.53 Å². The van der Waals surface area contributed by atoms with E-state index in [1.165, 1.54) is 11.1 Å². The van der Waals surface area contributed by atoms with E-state index in [4.69, 9.17) is 4.74 Å². The van der Waals surface area contributed by atoms with Gasteiger partial charge < -0.3 is 15.0 Å². The Balaban J connectivity index is 1.62. The summed E-state index contributed by atoms with van der Waals surface area (Å²) in [6.07, 6.45) is 4.20. The van der Waals surface area contributed by atoms with Crippen molar-refractivity contribution in [2.24, 2.45) is 5.92 Å². The number of rotatable bonds is 7. The lowest BCUT2D eigenvalue weighted by Crippen LogP contribution is -2.29. The van der Waals surface area contributed by atoms with Crippen molar-refractivity contribution in [1.29, 1.82) is 0 Å². The molecule has 5 nitrogen and oxygen atoms in total. The quantitative estimate of drug-likeness (QED) is 0.842. The van der Waals surface area contributed by atoms with Gasteiger partial charge in [-0.1, -0.05) is 30.3 Å². The van der Waals surface area contributed by atoms with Crippen LogP contribution in [0.1, 0.15) is 29.2 Å². The van der Waals surface area contributed by atoms with E-state index in [1.807, 2.05) is 30.3 Å². The highest BCUT2D eigenvalue weighted by atomic mass is 16.5. The van der Waals surface area contributed by atoms with E-state index < -0.39 is 0 Å². The second kappa shape index (κ2) is 8.23. The van der Waals surface area contributed by atoms with Crippen molar-refractivity contribution in [3.05, 3.63) is 65.5 Å². The average molecular weight is 339 g/mol. The first-order chi connectivity index (χ1) is 12.2. The van der Waals surface area contributed by atoms with Gasteiger partial charge in [0.05, 0.1) is 12.6 Å². The Hall–Kier alpha value is -2.24. The second-order valence-electron chi connectivity index (χ2n) is 6.58. The monoisotopic (exact) mass is 339 g/mol. The maximum atomic E-state index is 12.2. The number of methoxy groups -OCH3 is 1. The molecule has 2 heterocycles. The number of amides is 1. The zero-order chi connectivity index (χ0) is 17.6. The first kappa shape index (κ1) is 17.6. The van der Waals surface area contributed by atoms with E-state index in [1.54, 1.807) is 13.3 Å². The van der Waals surface area contributed by atoms with Crippen molar-refractivity contribution in [3.8, 4) is 0 Å². The molecule has 2 atom stereocenters. The molecule has 1 amide bonds. The number of hydrogen-bond donors (Lipinski definition) is 1. The zero-order valence-corrected chi connectivity index (χ0v) is 14.8. The number of likely N-dealkylation sites (tertiary alicyclic amines) is 1. The number of carbonyl (C=O) groups excluding carboxylic acids is 1. The summed E-state index contributed by atoms with van der Waals surface area (Å²) in [5, 5.41) is 3.51. The number of carbonyl (C=O) groups is 1. The number of nitrogens with one attached hydrogen (secondary N) is 1. The van der Waals surface area contributed by atoms with E-state index in [9.17, 15) is 4.79 Å². The minimum Gasteiger partial charge on any atom is -0.380 e. The largest absolute Gasteiger partial charge is 0.380 e. The van der Waals surface area contributed by atoms with E-state index in [-0.39, 0.29) is 17.9 Å². The smallest absolute Gasteiger partial charge is 0.223 e. The summed E-state index contributed by atoms with van der Waals surface area (Å²) >= 11 is 0. The first-order valence-corrected chi connectivity index (χ1v) is 8.62. The Morgan fingerprint density at radius 3 is 2.88 bits per heavy atom. The molecule has 1 aromatic carbocycles. The number of nitrogens with zero attached hydrogens (tertiary/aromatic N) is 2. The Morgan fingerprint density at radius 1 is 1.28 bits per heavy atom. The molecule has 0 saturated carbocycles. The van der Waals surface area contributed by atoms with E-state index in [0.717, 1.165) is 18.7 Å². The fraction of sp³-hybridized carbons (Fsp3) is 0.400.